The summed E-state index contributed by atoms with van der Waals surface area (Å²) in [6, 6.07) is 6.80. The van der Waals surface area contributed by atoms with Gasteiger partial charge in [0, 0.05) is 10.9 Å². The molecule has 0 aromatic carbocycles. The summed E-state index contributed by atoms with van der Waals surface area (Å²) >= 11 is 1.69. The fraction of sp³-hybridized carbons (Fsp3) is 0.600. The van der Waals surface area contributed by atoms with Crippen LogP contribution in [0.15, 0.2) is 17.5 Å². The maximum absolute atomic E-state index is 12.8. The second-order valence-corrected chi connectivity index (χ2v) is 6.68. The number of nitrogens with zero attached hydrogens (tertiary/aromatic N) is 2. The van der Waals surface area contributed by atoms with Gasteiger partial charge in [-0.25, -0.2) is 0 Å². The zero-order chi connectivity index (χ0) is 13.3. The highest BCUT2D eigenvalue weighted by Crippen LogP contribution is 2.42. The van der Waals surface area contributed by atoms with E-state index < -0.39 is 5.41 Å². The lowest BCUT2D eigenvalue weighted by molar-refractivity contribution is -0.140. The van der Waals surface area contributed by atoms with E-state index in [0.717, 1.165) is 38.5 Å². The molecule has 1 heterocycles. The molecule has 100 valence electrons. The second kappa shape index (κ2) is 4.97. The van der Waals surface area contributed by atoms with E-state index >= 15 is 0 Å². The molecule has 0 bridgehead atoms. The van der Waals surface area contributed by atoms with Crippen LogP contribution in [0.1, 0.15) is 43.4 Å². The Morgan fingerprint density at radius 3 is 2.74 bits per heavy atom. The monoisotopic (exact) mass is 274 g/mol. The molecular weight excluding hydrogens is 256 g/mol. The summed E-state index contributed by atoms with van der Waals surface area (Å²) in [7, 11) is 0. The lowest BCUT2D eigenvalue weighted by Crippen LogP contribution is -2.42. The maximum Gasteiger partial charge on any atom is 0.243 e. The summed E-state index contributed by atoms with van der Waals surface area (Å²) in [5.41, 5.74) is -0.722. The van der Waals surface area contributed by atoms with Gasteiger partial charge in [0.1, 0.15) is 5.41 Å². The molecule has 0 saturated heterocycles. The van der Waals surface area contributed by atoms with Crippen LogP contribution in [0.2, 0.25) is 0 Å². The average Bonchev–Trinajstić information content (AvgIpc) is 2.96. The van der Waals surface area contributed by atoms with E-state index in [4.69, 9.17) is 0 Å². The number of carbonyl (C=O) groups excluding carboxylic acids is 1. The normalized spacial score (nSPS) is 21.0. The minimum atomic E-state index is -0.722. The van der Waals surface area contributed by atoms with Gasteiger partial charge in [-0.3, -0.25) is 4.79 Å². The molecule has 2 saturated carbocycles. The molecule has 0 aliphatic heterocycles. The van der Waals surface area contributed by atoms with Crippen LogP contribution >= 0.6 is 11.3 Å². The Balaban J connectivity index is 1.80. The SMILES string of the molecule is N#CC1(C(=O)N(Cc2cccs2)C2CC2)CCCC1. The molecule has 0 N–H and O–H groups in total. The number of rotatable bonds is 4. The van der Waals surface area contributed by atoms with Crippen LogP contribution < -0.4 is 0 Å². The first-order chi connectivity index (χ1) is 9.25. The van der Waals surface area contributed by atoms with Crippen LogP contribution in [0.4, 0.5) is 0 Å². The number of carbonyl (C=O) groups is 1. The van der Waals surface area contributed by atoms with Crippen LogP contribution in [0.3, 0.4) is 0 Å². The van der Waals surface area contributed by atoms with E-state index in [2.05, 4.69) is 12.1 Å². The third-order valence-electron chi connectivity index (χ3n) is 4.24. The van der Waals surface area contributed by atoms with Gasteiger partial charge in [-0.1, -0.05) is 18.9 Å². The Labute approximate surface area is 117 Å². The average molecular weight is 274 g/mol. The number of amides is 1. The quantitative estimate of drug-likeness (QED) is 0.845. The van der Waals surface area contributed by atoms with Crippen molar-refractivity contribution in [3.8, 4) is 6.07 Å². The van der Waals surface area contributed by atoms with Crippen molar-refractivity contribution in [2.24, 2.45) is 5.41 Å². The Morgan fingerprint density at radius 1 is 1.47 bits per heavy atom. The van der Waals surface area contributed by atoms with E-state index in [1.54, 1.807) is 11.3 Å². The first-order valence-electron chi connectivity index (χ1n) is 7.00. The standard InChI is InChI=1S/C15H18N2OS/c16-11-15(7-1-2-8-15)14(18)17(12-5-6-12)10-13-4-3-9-19-13/h3-4,9,12H,1-2,5-8,10H2. The molecule has 0 unspecified atom stereocenters. The van der Waals surface area contributed by atoms with E-state index in [0.29, 0.717) is 12.6 Å². The molecule has 0 radical (unpaired) electrons. The Hall–Kier alpha value is -1.34. The van der Waals surface area contributed by atoms with Crippen molar-refractivity contribution in [3.05, 3.63) is 22.4 Å². The molecule has 1 aromatic heterocycles. The van der Waals surface area contributed by atoms with Gasteiger partial charge in [0.25, 0.3) is 0 Å². The first kappa shape index (κ1) is 12.7. The first-order valence-corrected chi connectivity index (χ1v) is 7.88. The van der Waals surface area contributed by atoms with Crippen LogP contribution in [0.5, 0.6) is 0 Å². The molecule has 2 fully saturated rings. The van der Waals surface area contributed by atoms with E-state index in [1.807, 2.05) is 16.3 Å². The highest BCUT2D eigenvalue weighted by molar-refractivity contribution is 7.09. The van der Waals surface area contributed by atoms with Crippen molar-refractivity contribution in [1.29, 1.82) is 5.26 Å². The predicted octanol–water partition coefficient (Wildman–Crippen LogP) is 3.32. The number of nitriles is 1. The Kier molecular flexibility index (Phi) is 3.32. The number of hydrogen-bond acceptors (Lipinski definition) is 3. The van der Waals surface area contributed by atoms with Crippen molar-refractivity contribution in [3.63, 3.8) is 0 Å². The van der Waals surface area contributed by atoms with Crippen LogP contribution in [-0.4, -0.2) is 16.8 Å². The Morgan fingerprint density at radius 2 is 2.21 bits per heavy atom. The predicted molar refractivity (Wildman–Crippen MR) is 74.4 cm³/mol. The van der Waals surface area contributed by atoms with Gasteiger partial charge in [0.05, 0.1) is 12.6 Å². The minimum absolute atomic E-state index is 0.0865. The third kappa shape index (κ3) is 2.40. The largest absolute Gasteiger partial charge is 0.333 e. The number of thiophene rings is 1. The molecule has 2 aliphatic rings. The second-order valence-electron chi connectivity index (χ2n) is 5.64. The smallest absolute Gasteiger partial charge is 0.243 e. The van der Waals surface area contributed by atoms with Crippen LogP contribution in [0, 0.1) is 16.7 Å². The van der Waals surface area contributed by atoms with Gasteiger partial charge in [-0.05, 0) is 37.1 Å². The van der Waals surface area contributed by atoms with Crippen molar-refractivity contribution in [1.82, 2.24) is 4.90 Å². The molecule has 2 aliphatic carbocycles. The third-order valence-corrected chi connectivity index (χ3v) is 5.10. The van der Waals surface area contributed by atoms with Crippen molar-refractivity contribution in [2.45, 2.75) is 51.1 Å². The van der Waals surface area contributed by atoms with Gasteiger partial charge in [0.2, 0.25) is 5.91 Å². The molecule has 19 heavy (non-hydrogen) atoms. The van der Waals surface area contributed by atoms with Gasteiger partial charge in [-0.15, -0.1) is 11.3 Å². The molecule has 1 aromatic rings. The molecule has 4 heteroatoms. The highest BCUT2D eigenvalue weighted by Gasteiger charge is 2.47. The van der Waals surface area contributed by atoms with Gasteiger partial charge >= 0.3 is 0 Å². The van der Waals surface area contributed by atoms with Gasteiger partial charge in [-0.2, -0.15) is 5.26 Å². The van der Waals surface area contributed by atoms with E-state index in [9.17, 15) is 10.1 Å². The minimum Gasteiger partial charge on any atom is -0.333 e. The van der Waals surface area contributed by atoms with Crippen molar-refractivity contribution >= 4 is 17.2 Å². The molecule has 3 nitrogen and oxygen atoms in total. The highest BCUT2D eigenvalue weighted by atomic mass is 32.1. The van der Waals surface area contributed by atoms with Gasteiger partial charge < -0.3 is 4.90 Å². The number of hydrogen-bond donors (Lipinski definition) is 0. The zero-order valence-corrected chi connectivity index (χ0v) is 11.8. The summed E-state index contributed by atoms with van der Waals surface area (Å²) in [5, 5.41) is 11.5. The fourth-order valence-electron chi connectivity index (χ4n) is 2.95. The van der Waals surface area contributed by atoms with Crippen LogP contribution in [-0.2, 0) is 11.3 Å². The topological polar surface area (TPSA) is 44.1 Å². The molecule has 3 rings (SSSR count). The summed E-state index contributed by atoms with van der Waals surface area (Å²) in [6.07, 6.45) is 5.71. The summed E-state index contributed by atoms with van der Waals surface area (Å²) in [4.78, 5) is 16.0. The Bertz CT molecular complexity index is 493. The fourth-order valence-corrected chi connectivity index (χ4v) is 3.65. The molecule has 0 atom stereocenters. The van der Waals surface area contributed by atoms with E-state index in [-0.39, 0.29) is 5.91 Å². The lowest BCUT2D eigenvalue weighted by atomic mass is 9.86. The molecular formula is C15H18N2OS. The van der Waals surface area contributed by atoms with Crippen LogP contribution in [0.25, 0.3) is 0 Å². The molecule has 1 amide bonds. The summed E-state index contributed by atoms with van der Waals surface area (Å²) in [6.45, 7) is 0.685. The summed E-state index contributed by atoms with van der Waals surface area (Å²) < 4.78 is 0. The lowest BCUT2D eigenvalue weighted by Gasteiger charge is -2.29. The van der Waals surface area contributed by atoms with Gasteiger partial charge in [0.15, 0.2) is 0 Å². The van der Waals surface area contributed by atoms with Crippen molar-refractivity contribution < 1.29 is 4.79 Å². The summed E-state index contributed by atoms with van der Waals surface area (Å²) in [5.74, 6) is 0.0865. The zero-order valence-electron chi connectivity index (χ0n) is 11.0. The maximum atomic E-state index is 12.8. The van der Waals surface area contributed by atoms with Crippen molar-refractivity contribution in [2.75, 3.05) is 0 Å². The molecule has 0 spiro atoms. The van der Waals surface area contributed by atoms with E-state index in [1.165, 1.54) is 4.88 Å².